The van der Waals surface area contributed by atoms with Crippen LogP contribution in [0.1, 0.15) is 22.8 Å². The molecular formula is C23H21NO4. The van der Waals surface area contributed by atoms with Crippen molar-refractivity contribution in [2.24, 2.45) is 0 Å². The van der Waals surface area contributed by atoms with Crippen molar-refractivity contribution in [3.63, 3.8) is 0 Å². The highest BCUT2D eigenvalue weighted by Crippen LogP contribution is 2.47. The molecule has 0 aromatic heterocycles. The normalized spacial score (nSPS) is 21.4. The molecule has 1 saturated heterocycles. The lowest BCUT2D eigenvalue weighted by atomic mass is 9.91. The van der Waals surface area contributed by atoms with Crippen molar-refractivity contribution in [1.29, 1.82) is 0 Å². The largest absolute Gasteiger partial charge is 0.497 e. The van der Waals surface area contributed by atoms with Crippen LogP contribution in [-0.4, -0.2) is 23.2 Å². The number of amides is 1. The van der Waals surface area contributed by atoms with Crippen molar-refractivity contribution >= 4 is 6.09 Å². The Kier molecular flexibility index (Phi) is 4.75. The van der Waals surface area contributed by atoms with E-state index in [1.165, 1.54) is 4.90 Å². The van der Waals surface area contributed by atoms with E-state index in [-0.39, 0.29) is 6.54 Å². The summed E-state index contributed by atoms with van der Waals surface area (Å²) in [5.41, 5.74) is 0.523. The molecule has 0 bridgehead atoms. The zero-order valence-electron chi connectivity index (χ0n) is 15.5. The standard InChI is InChI=1S/C23H21NO4/c1-27-20-14-8-9-17(15-20)16-24-22(25)28-21(18-10-4-2-5-11-18)23(24,26)19-12-6-3-7-13-19/h2-15,21,26H,16H2,1H3/t21-,23+/m0/s1. The van der Waals surface area contributed by atoms with Gasteiger partial charge in [0.2, 0.25) is 5.72 Å². The molecule has 1 amide bonds. The molecule has 2 atom stereocenters. The van der Waals surface area contributed by atoms with Crippen LogP contribution in [0.3, 0.4) is 0 Å². The fourth-order valence-electron chi connectivity index (χ4n) is 3.58. The van der Waals surface area contributed by atoms with Crippen LogP contribution in [0.15, 0.2) is 84.9 Å². The van der Waals surface area contributed by atoms with Gasteiger partial charge in [-0.05, 0) is 23.3 Å². The Morgan fingerprint density at radius 1 is 1.00 bits per heavy atom. The van der Waals surface area contributed by atoms with E-state index in [2.05, 4.69) is 0 Å². The minimum atomic E-state index is -1.64. The monoisotopic (exact) mass is 375 g/mol. The Balaban J connectivity index is 1.78. The van der Waals surface area contributed by atoms with Crippen molar-refractivity contribution in [2.45, 2.75) is 18.4 Å². The van der Waals surface area contributed by atoms with Gasteiger partial charge in [-0.25, -0.2) is 4.79 Å². The highest BCUT2D eigenvalue weighted by molar-refractivity contribution is 5.72. The number of cyclic esters (lactones) is 1. The molecule has 1 fully saturated rings. The maximum atomic E-state index is 12.8. The Morgan fingerprint density at radius 3 is 2.36 bits per heavy atom. The van der Waals surface area contributed by atoms with Crippen molar-refractivity contribution in [2.75, 3.05) is 7.11 Å². The second kappa shape index (κ2) is 7.37. The van der Waals surface area contributed by atoms with Gasteiger partial charge in [-0.1, -0.05) is 72.8 Å². The quantitative estimate of drug-likeness (QED) is 0.725. The number of carbonyl (C=O) groups is 1. The molecule has 3 aromatic rings. The molecule has 1 aliphatic rings. The topological polar surface area (TPSA) is 59.0 Å². The molecule has 5 nitrogen and oxygen atoms in total. The Hall–Kier alpha value is -3.31. The number of carbonyl (C=O) groups excluding carboxylic acids is 1. The lowest BCUT2D eigenvalue weighted by Crippen LogP contribution is -2.45. The third-order valence-corrected chi connectivity index (χ3v) is 4.99. The van der Waals surface area contributed by atoms with Crippen LogP contribution in [0.5, 0.6) is 5.75 Å². The van der Waals surface area contributed by atoms with Gasteiger partial charge in [0, 0.05) is 5.56 Å². The minimum Gasteiger partial charge on any atom is -0.497 e. The summed E-state index contributed by atoms with van der Waals surface area (Å²) >= 11 is 0. The number of hydrogen-bond donors (Lipinski definition) is 1. The lowest BCUT2D eigenvalue weighted by molar-refractivity contribution is -0.113. The van der Waals surface area contributed by atoms with E-state index in [9.17, 15) is 9.90 Å². The summed E-state index contributed by atoms with van der Waals surface area (Å²) in [7, 11) is 1.59. The predicted molar refractivity (Wildman–Crippen MR) is 105 cm³/mol. The number of hydrogen-bond acceptors (Lipinski definition) is 4. The summed E-state index contributed by atoms with van der Waals surface area (Å²) in [5, 5.41) is 11.8. The molecule has 4 rings (SSSR count). The fourth-order valence-corrected chi connectivity index (χ4v) is 3.58. The van der Waals surface area contributed by atoms with Crippen LogP contribution in [-0.2, 0) is 17.0 Å². The first-order valence-corrected chi connectivity index (χ1v) is 9.07. The van der Waals surface area contributed by atoms with Crippen LogP contribution < -0.4 is 4.74 Å². The zero-order chi connectivity index (χ0) is 19.6. The van der Waals surface area contributed by atoms with Gasteiger partial charge in [0.25, 0.3) is 0 Å². The molecule has 1 N–H and O–H groups in total. The van der Waals surface area contributed by atoms with Gasteiger partial charge in [-0.2, -0.15) is 0 Å². The number of benzene rings is 3. The molecule has 0 saturated carbocycles. The van der Waals surface area contributed by atoms with Crippen molar-refractivity contribution in [1.82, 2.24) is 4.90 Å². The SMILES string of the molecule is COc1cccc(CN2C(=O)O[C@@H](c3ccccc3)[C@]2(O)c2ccccc2)c1. The van der Waals surface area contributed by atoms with Gasteiger partial charge in [0.15, 0.2) is 6.10 Å². The van der Waals surface area contributed by atoms with Gasteiger partial charge >= 0.3 is 6.09 Å². The Bertz CT molecular complexity index is 961. The average molecular weight is 375 g/mol. The van der Waals surface area contributed by atoms with Crippen LogP contribution in [0.4, 0.5) is 4.79 Å². The van der Waals surface area contributed by atoms with E-state index < -0.39 is 17.9 Å². The molecule has 0 radical (unpaired) electrons. The van der Waals surface area contributed by atoms with E-state index in [1.54, 1.807) is 19.2 Å². The number of rotatable bonds is 5. The summed E-state index contributed by atoms with van der Waals surface area (Å²) < 4.78 is 10.9. The third kappa shape index (κ3) is 3.10. The number of ether oxygens (including phenoxy) is 2. The van der Waals surface area contributed by atoms with E-state index in [0.29, 0.717) is 11.3 Å². The number of nitrogens with zero attached hydrogens (tertiary/aromatic N) is 1. The first-order chi connectivity index (χ1) is 13.6. The van der Waals surface area contributed by atoms with Crippen molar-refractivity contribution in [3.05, 3.63) is 102 Å². The predicted octanol–water partition coefficient (Wildman–Crippen LogP) is 4.23. The first kappa shape index (κ1) is 18.1. The maximum Gasteiger partial charge on any atom is 0.413 e. The van der Waals surface area contributed by atoms with Gasteiger partial charge in [0.05, 0.1) is 13.7 Å². The first-order valence-electron chi connectivity index (χ1n) is 9.07. The number of aliphatic hydroxyl groups is 1. The lowest BCUT2D eigenvalue weighted by Gasteiger charge is -2.34. The summed E-state index contributed by atoms with van der Waals surface area (Å²) in [5.74, 6) is 0.688. The van der Waals surface area contributed by atoms with E-state index in [1.807, 2.05) is 72.8 Å². The Labute approximate surface area is 163 Å². The van der Waals surface area contributed by atoms with E-state index >= 15 is 0 Å². The van der Waals surface area contributed by atoms with Crippen LogP contribution in [0, 0.1) is 0 Å². The van der Waals surface area contributed by atoms with Gasteiger partial charge in [-0.3, -0.25) is 4.90 Å². The second-order valence-corrected chi connectivity index (χ2v) is 6.70. The smallest absolute Gasteiger partial charge is 0.413 e. The molecule has 142 valence electrons. The molecular weight excluding hydrogens is 354 g/mol. The molecule has 5 heteroatoms. The van der Waals surface area contributed by atoms with E-state index in [4.69, 9.17) is 9.47 Å². The molecule has 1 aliphatic heterocycles. The summed E-state index contributed by atoms with van der Waals surface area (Å²) in [6, 6.07) is 25.9. The molecule has 0 unspecified atom stereocenters. The number of methoxy groups -OCH3 is 1. The molecule has 3 aromatic carbocycles. The highest BCUT2D eigenvalue weighted by atomic mass is 16.6. The third-order valence-electron chi connectivity index (χ3n) is 4.99. The highest BCUT2D eigenvalue weighted by Gasteiger charge is 2.55. The van der Waals surface area contributed by atoms with E-state index in [0.717, 1.165) is 11.1 Å². The van der Waals surface area contributed by atoms with Gasteiger partial charge in [-0.15, -0.1) is 0 Å². The summed E-state index contributed by atoms with van der Waals surface area (Å²) in [6.45, 7) is 0.185. The minimum absolute atomic E-state index is 0.185. The van der Waals surface area contributed by atoms with Crippen molar-refractivity contribution < 1.29 is 19.4 Å². The van der Waals surface area contributed by atoms with Crippen LogP contribution in [0.2, 0.25) is 0 Å². The summed E-state index contributed by atoms with van der Waals surface area (Å²) in [4.78, 5) is 14.2. The maximum absolute atomic E-state index is 12.8. The molecule has 0 aliphatic carbocycles. The molecule has 1 heterocycles. The molecule has 0 spiro atoms. The van der Waals surface area contributed by atoms with Crippen LogP contribution in [0.25, 0.3) is 0 Å². The zero-order valence-corrected chi connectivity index (χ0v) is 15.5. The van der Waals surface area contributed by atoms with Crippen molar-refractivity contribution in [3.8, 4) is 5.75 Å². The summed E-state index contributed by atoms with van der Waals surface area (Å²) in [6.07, 6.45) is -1.41. The Morgan fingerprint density at radius 2 is 1.68 bits per heavy atom. The average Bonchev–Trinajstić information content (AvgIpc) is 3.01. The second-order valence-electron chi connectivity index (χ2n) is 6.70. The molecule has 28 heavy (non-hydrogen) atoms. The van der Waals surface area contributed by atoms with Gasteiger partial charge < -0.3 is 14.6 Å². The fraction of sp³-hybridized carbons (Fsp3) is 0.174. The van der Waals surface area contributed by atoms with Crippen LogP contribution >= 0.6 is 0 Å². The van der Waals surface area contributed by atoms with Gasteiger partial charge in [0.1, 0.15) is 5.75 Å².